The van der Waals surface area contributed by atoms with Crippen molar-refractivity contribution in [3.05, 3.63) is 41.6 Å². The molecule has 0 spiro atoms. The number of anilines is 1. The topological polar surface area (TPSA) is 43.8 Å². The summed E-state index contributed by atoms with van der Waals surface area (Å²) in [4.78, 5) is 0. The molecule has 0 bridgehead atoms. The van der Waals surface area contributed by atoms with Gasteiger partial charge in [-0.3, -0.25) is 0 Å². The molecule has 98 valence electrons. The van der Waals surface area contributed by atoms with E-state index >= 15 is 0 Å². The first-order valence-electron chi connectivity index (χ1n) is 7.14. The van der Waals surface area contributed by atoms with Crippen molar-refractivity contribution in [3.8, 4) is 5.69 Å². The first-order chi connectivity index (χ1) is 9.24. The number of benzene rings is 1. The Balaban J connectivity index is 1.73. The van der Waals surface area contributed by atoms with E-state index in [0.717, 1.165) is 23.3 Å². The Bertz CT molecular complexity index is 604. The van der Waals surface area contributed by atoms with Gasteiger partial charge >= 0.3 is 0 Å². The standard InChI is InChI=1S/C16H19N3/c1-10-15(13-8-11-7-12(11)9-13)18-19(16(10)17)14-5-3-2-4-6-14/h2-6,11-13H,7-9,17H2,1H3. The highest BCUT2D eigenvalue weighted by atomic mass is 15.3. The molecule has 4 rings (SSSR count). The molecule has 1 aromatic heterocycles. The molecule has 19 heavy (non-hydrogen) atoms. The lowest BCUT2D eigenvalue weighted by atomic mass is 9.97. The molecule has 1 aromatic carbocycles. The molecule has 2 saturated carbocycles. The normalized spacial score (nSPS) is 28.4. The van der Waals surface area contributed by atoms with E-state index in [-0.39, 0.29) is 0 Å². The van der Waals surface area contributed by atoms with E-state index in [4.69, 9.17) is 10.8 Å². The Morgan fingerprint density at radius 3 is 2.47 bits per heavy atom. The van der Waals surface area contributed by atoms with Gasteiger partial charge in [0.15, 0.2) is 0 Å². The lowest BCUT2D eigenvalue weighted by Gasteiger charge is -2.09. The van der Waals surface area contributed by atoms with Crippen LogP contribution in [-0.2, 0) is 0 Å². The van der Waals surface area contributed by atoms with Crippen LogP contribution in [0.25, 0.3) is 5.69 Å². The number of nitrogen functional groups attached to an aromatic ring is 1. The minimum absolute atomic E-state index is 0.635. The zero-order valence-corrected chi connectivity index (χ0v) is 11.2. The summed E-state index contributed by atoms with van der Waals surface area (Å²) in [6.45, 7) is 2.11. The van der Waals surface area contributed by atoms with Crippen LogP contribution in [0, 0.1) is 18.8 Å². The number of nitrogens with two attached hydrogens (primary N) is 1. The third kappa shape index (κ3) is 1.68. The lowest BCUT2D eigenvalue weighted by molar-refractivity contribution is 0.598. The maximum Gasteiger partial charge on any atom is 0.130 e. The van der Waals surface area contributed by atoms with Crippen molar-refractivity contribution in [2.24, 2.45) is 11.8 Å². The summed E-state index contributed by atoms with van der Waals surface area (Å²) in [7, 11) is 0. The SMILES string of the molecule is Cc1c(C2CC3CC3C2)nn(-c2ccccc2)c1N. The van der Waals surface area contributed by atoms with Gasteiger partial charge < -0.3 is 5.73 Å². The van der Waals surface area contributed by atoms with E-state index in [1.54, 1.807) is 0 Å². The molecule has 0 amide bonds. The van der Waals surface area contributed by atoms with Crippen LogP contribution < -0.4 is 5.73 Å². The maximum absolute atomic E-state index is 6.25. The van der Waals surface area contributed by atoms with Gasteiger partial charge in [0.2, 0.25) is 0 Å². The van der Waals surface area contributed by atoms with Crippen LogP contribution in [0.3, 0.4) is 0 Å². The molecule has 2 fully saturated rings. The molecule has 0 saturated heterocycles. The fourth-order valence-electron chi connectivity index (χ4n) is 3.62. The molecule has 2 aromatic rings. The van der Waals surface area contributed by atoms with Crippen molar-refractivity contribution in [1.29, 1.82) is 0 Å². The van der Waals surface area contributed by atoms with Crippen molar-refractivity contribution in [2.75, 3.05) is 5.73 Å². The molecule has 3 heteroatoms. The fraction of sp³-hybridized carbons (Fsp3) is 0.438. The third-order valence-corrected chi connectivity index (χ3v) is 4.84. The molecule has 2 N–H and O–H groups in total. The highest BCUT2D eigenvalue weighted by Gasteiger charge is 2.47. The quantitative estimate of drug-likeness (QED) is 0.892. The van der Waals surface area contributed by atoms with E-state index in [1.165, 1.54) is 30.5 Å². The smallest absolute Gasteiger partial charge is 0.130 e. The Kier molecular flexibility index (Phi) is 2.25. The largest absolute Gasteiger partial charge is 0.383 e. The van der Waals surface area contributed by atoms with Gasteiger partial charge in [-0.1, -0.05) is 18.2 Å². The van der Waals surface area contributed by atoms with Crippen molar-refractivity contribution < 1.29 is 0 Å². The van der Waals surface area contributed by atoms with Gasteiger partial charge in [0, 0.05) is 11.5 Å². The Labute approximate surface area is 113 Å². The number of hydrogen-bond donors (Lipinski definition) is 1. The second-order valence-corrected chi connectivity index (χ2v) is 6.07. The van der Waals surface area contributed by atoms with Gasteiger partial charge in [-0.2, -0.15) is 5.10 Å². The van der Waals surface area contributed by atoms with Crippen LogP contribution in [0.2, 0.25) is 0 Å². The highest BCUT2D eigenvalue weighted by Crippen LogP contribution is 2.57. The summed E-state index contributed by atoms with van der Waals surface area (Å²) in [6.07, 6.45) is 4.08. The van der Waals surface area contributed by atoms with Crippen molar-refractivity contribution in [1.82, 2.24) is 9.78 Å². The maximum atomic E-state index is 6.25. The van der Waals surface area contributed by atoms with Gasteiger partial charge in [-0.15, -0.1) is 0 Å². The number of hydrogen-bond acceptors (Lipinski definition) is 2. The average molecular weight is 253 g/mol. The van der Waals surface area contributed by atoms with Gasteiger partial charge in [-0.05, 0) is 50.2 Å². The van der Waals surface area contributed by atoms with E-state index < -0.39 is 0 Å². The number of para-hydroxylation sites is 1. The van der Waals surface area contributed by atoms with Crippen LogP contribution in [0.1, 0.15) is 36.4 Å². The molecular weight excluding hydrogens is 234 g/mol. The second-order valence-electron chi connectivity index (χ2n) is 6.07. The molecule has 2 unspecified atom stereocenters. The fourth-order valence-corrected chi connectivity index (χ4v) is 3.62. The Hall–Kier alpha value is -1.77. The highest BCUT2D eigenvalue weighted by molar-refractivity contribution is 5.50. The van der Waals surface area contributed by atoms with Crippen molar-refractivity contribution >= 4 is 5.82 Å². The van der Waals surface area contributed by atoms with E-state index in [1.807, 2.05) is 22.9 Å². The molecule has 0 aliphatic heterocycles. The molecule has 2 aliphatic carbocycles. The van der Waals surface area contributed by atoms with E-state index in [0.29, 0.717) is 5.92 Å². The molecule has 2 atom stereocenters. The van der Waals surface area contributed by atoms with Crippen LogP contribution in [0.15, 0.2) is 30.3 Å². The summed E-state index contributed by atoms with van der Waals surface area (Å²) >= 11 is 0. The lowest BCUT2D eigenvalue weighted by Crippen LogP contribution is -2.02. The van der Waals surface area contributed by atoms with E-state index in [2.05, 4.69) is 19.1 Å². The summed E-state index contributed by atoms with van der Waals surface area (Å²) in [6, 6.07) is 10.2. The molecule has 3 nitrogen and oxygen atoms in total. The first kappa shape index (κ1) is 11.1. The van der Waals surface area contributed by atoms with Gasteiger partial charge in [-0.25, -0.2) is 4.68 Å². The van der Waals surface area contributed by atoms with Crippen molar-refractivity contribution in [2.45, 2.75) is 32.1 Å². The predicted molar refractivity (Wildman–Crippen MR) is 76.3 cm³/mol. The zero-order chi connectivity index (χ0) is 13.0. The van der Waals surface area contributed by atoms with Gasteiger partial charge in [0.05, 0.1) is 11.4 Å². The van der Waals surface area contributed by atoms with E-state index in [9.17, 15) is 0 Å². The molecule has 2 aliphatic rings. The number of rotatable bonds is 2. The van der Waals surface area contributed by atoms with Crippen LogP contribution in [-0.4, -0.2) is 9.78 Å². The van der Waals surface area contributed by atoms with Crippen LogP contribution in [0.4, 0.5) is 5.82 Å². The summed E-state index contributed by atoms with van der Waals surface area (Å²) < 4.78 is 1.90. The minimum atomic E-state index is 0.635. The molecular formula is C16H19N3. The predicted octanol–water partition coefficient (Wildman–Crippen LogP) is 3.28. The summed E-state index contributed by atoms with van der Waals surface area (Å²) in [5, 5.41) is 4.81. The third-order valence-electron chi connectivity index (χ3n) is 4.84. The van der Waals surface area contributed by atoms with Crippen LogP contribution in [0.5, 0.6) is 0 Å². The number of fused-ring (bicyclic) bond motifs is 1. The Morgan fingerprint density at radius 1 is 1.11 bits per heavy atom. The summed E-state index contributed by atoms with van der Waals surface area (Å²) in [5.74, 6) is 3.39. The molecule has 1 heterocycles. The second kappa shape index (κ2) is 3.86. The molecule has 0 radical (unpaired) electrons. The Morgan fingerprint density at radius 2 is 1.79 bits per heavy atom. The monoisotopic (exact) mass is 253 g/mol. The number of nitrogens with zero attached hydrogens (tertiary/aromatic N) is 2. The van der Waals surface area contributed by atoms with Crippen LogP contribution >= 0.6 is 0 Å². The zero-order valence-electron chi connectivity index (χ0n) is 11.2. The first-order valence-corrected chi connectivity index (χ1v) is 7.14. The van der Waals surface area contributed by atoms with Crippen molar-refractivity contribution in [3.63, 3.8) is 0 Å². The average Bonchev–Trinajstić information content (AvgIpc) is 2.93. The van der Waals surface area contributed by atoms with Gasteiger partial charge in [0.25, 0.3) is 0 Å². The van der Waals surface area contributed by atoms with Gasteiger partial charge in [0.1, 0.15) is 5.82 Å². The number of aromatic nitrogens is 2. The summed E-state index contributed by atoms with van der Waals surface area (Å²) in [5.41, 5.74) is 9.71. The minimum Gasteiger partial charge on any atom is -0.383 e.